The molecule has 1 aliphatic rings. The summed E-state index contributed by atoms with van der Waals surface area (Å²) in [4.78, 5) is 22.8. The first-order chi connectivity index (χ1) is 11.7. The second-order valence-corrected chi connectivity index (χ2v) is 5.57. The van der Waals surface area contributed by atoms with Gasteiger partial charge in [0.05, 0.1) is 19.8 Å². The number of anilines is 1. The van der Waals surface area contributed by atoms with Crippen molar-refractivity contribution in [1.82, 2.24) is 14.9 Å². The van der Waals surface area contributed by atoms with E-state index < -0.39 is 0 Å². The lowest BCUT2D eigenvalue weighted by Crippen LogP contribution is -2.42. The molecule has 1 aliphatic heterocycles. The zero-order valence-corrected chi connectivity index (χ0v) is 13.5. The number of amides is 1. The predicted molar refractivity (Wildman–Crippen MR) is 88.2 cm³/mol. The fourth-order valence-electron chi connectivity index (χ4n) is 2.75. The number of nitrogen functional groups attached to an aromatic ring is 1. The van der Waals surface area contributed by atoms with E-state index in [1.54, 1.807) is 18.2 Å². The highest BCUT2D eigenvalue weighted by molar-refractivity contribution is 5.94. The van der Waals surface area contributed by atoms with Gasteiger partial charge in [-0.05, 0) is 17.7 Å². The number of hydrogen-bond acceptors (Lipinski definition) is 6. The third-order valence-corrected chi connectivity index (χ3v) is 3.90. The van der Waals surface area contributed by atoms with Gasteiger partial charge in [0.25, 0.3) is 5.91 Å². The minimum atomic E-state index is -0.362. The molecule has 2 aromatic rings. The van der Waals surface area contributed by atoms with Gasteiger partial charge in [-0.3, -0.25) is 9.78 Å². The average Bonchev–Trinajstić information content (AvgIpc) is 2.62. The molecule has 1 atom stereocenters. The van der Waals surface area contributed by atoms with E-state index in [0.717, 1.165) is 5.56 Å². The molecule has 0 bridgehead atoms. The summed E-state index contributed by atoms with van der Waals surface area (Å²) in [5, 5.41) is 0. The molecule has 0 saturated carbocycles. The Hall–Kier alpha value is -2.51. The van der Waals surface area contributed by atoms with Crippen molar-refractivity contribution in [2.45, 2.75) is 12.7 Å². The van der Waals surface area contributed by atoms with Gasteiger partial charge in [-0.1, -0.05) is 12.1 Å². The molecule has 2 heterocycles. The maximum atomic E-state index is 12.8. The highest BCUT2D eigenvalue weighted by Crippen LogP contribution is 2.24. The minimum Gasteiger partial charge on any atom is -0.382 e. The van der Waals surface area contributed by atoms with Gasteiger partial charge in [0, 0.05) is 31.6 Å². The Bertz CT molecular complexity index is 722. The third kappa shape index (κ3) is 3.52. The predicted octanol–water partition coefficient (Wildman–Crippen LogP) is 1.42. The summed E-state index contributed by atoms with van der Waals surface area (Å²) in [7, 11) is 1.63. The van der Waals surface area contributed by atoms with Crippen LogP contribution in [-0.4, -0.2) is 47.6 Å². The van der Waals surface area contributed by atoms with Gasteiger partial charge in [0.1, 0.15) is 17.6 Å². The first-order valence-corrected chi connectivity index (χ1v) is 7.74. The van der Waals surface area contributed by atoms with Gasteiger partial charge in [0.15, 0.2) is 0 Å². The highest BCUT2D eigenvalue weighted by Gasteiger charge is 2.28. The van der Waals surface area contributed by atoms with Crippen molar-refractivity contribution in [3.63, 3.8) is 0 Å². The summed E-state index contributed by atoms with van der Waals surface area (Å²) in [6.07, 6.45) is 2.74. The fourth-order valence-corrected chi connectivity index (χ4v) is 2.75. The molecule has 0 aliphatic carbocycles. The van der Waals surface area contributed by atoms with E-state index in [1.807, 2.05) is 24.3 Å². The van der Waals surface area contributed by atoms with Gasteiger partial charge in [-0.2, -0.15) is 0 Å². The smallest absolute Gasteiger partial charge is 0.254 e. The van der Waals surface area contributed by atoms with Crippen molar-refractivity contribution in [3.05, 3.63) is 53.5 Å². The maximum Gasteiger partial charge on any atom is 0.254 e. The Balaban J connectivity index is 1.76. The number of ether oxygens (including phenoxy) is 2. The molecular weight excluding hydrogens is 308 g/mol. The van der Waals surface area contributed by atoms with E-state index in [0.29, 0.717) is 43.4 Å². The summed E-state index contributed by atoms with van der Waals surface area (Å²) < 4.78 is 10.8. The Kier molecular flexibility index (Phi) is 5.02. The van der Waals surface area contributed by atoms with Gasteiger partial charge < -0.3 is 20.1 Å². The van der Waals surface area contributed by atoms with Crippen molar-refractivity contribution in [1.29, 1.82) is 0 Å². The van der Waals surface area contributed by atoms with Crippen molar-refractivity contribution in [3.8, 4) is 0 Å². The molecule has 7 nitrogen and oxygen atoms in total. The SMILES string of the molecule is COCc1cccc(C(=O)N2CCO[C@H](c3nccnc3N)C2)c1. The number of aromatic nitrogens is 2. The minimum absolute atomic E-state index is 0.0382. The van der Waals surface area contributed by atoms with Crippen molar-refractivity contribution in [2.24, 2.45) is 0 Å². The molecule has 0 spiro atoms. The zero-order chi connectivity index (χ0) is 16.9. The van der Waals surface area contributed by atoms with Gasteiger partial charge in [-0.15, -0.1) is 0 Å². The molecule has 3 rings (SSSR count). The molecule has 24 heavy (non-hydrogen) atoms. The van der Waals surface area contributed by atoms with Crippen LogP contribution in [0.15, 0.2) is 36.7 Å². The Morgan fingerprint density at radius 3 is 3.04 bits per heavy atom. The number of benzene rings is 1. The normalized spacial score (nSPS) is 17.7. The van der Waals surface area contributed by atoms with E-state index in [-0.39, 0.29) is 12.0 Å². The quantitative estimate of drug-likeness (QED) is 0.913. The zero-order valence-electron chi connectivity index (χ0n) is 13.5. The van der Waals surface area contributed by atoms with Gasteiger partial charge in [-0.25, -0.2) is 4.98 Å². The molecule has 126 valence electrons. The average molecular weight is 328 g/mol. The Morgan fingerprint density at radius 1 is 1.42 bits per heavy atom. The van der Waals surface area contributed by atoms with Crippen LogP contribution in [-0.2, 0) is 16.1 Å². The summed E-state index contributed by atoms with van der Waals surface area (Å²) in [6.45, 7) is 1.84. The van der Waals surface area contributed by atoms with Crippen molar-refractivity contribution >= 4 is 11.7 Å². The van der Waals surface area contributed by atoms with Crippen LogP contribution in [0.25, 0.3) is 0 Å². The Labute approximate surface area is 140 Å². The fraction of sp³-hybridized carbons (Fsp3) is 0.353. The number of nitrogens with zero attached hydrogens (tertiary/aromatic N) is 3. The van der Waals surface area contributed by atoms with Crippen LogP contribution in [0.4, 0.5) is 5.82 Å². The van der Waals surface area contributed by atoms with Crippen molar-refractivity contribution < 1.29 is 14.3 Å². The van der Waals surface area contributed by atoms with Gasteiger partial charge in [0.2, 0.25) is 0 Å². The molecule has 1 aromatic carbocycles. The van der Waals surface area contributed by atoms with Crippen LogP contribution < -0.4 is 5.73 Å². The first-order valence-electron chi connectivity index (χ1n) is 7.74. The van der Waals surface area contributed by atoms with E-state index in [4.69, 9.17) is 15.2 Å². The van der Waals surface area contributed by atoms with Crippen LogP contribution >= 0.6 is 0 Å². The largest absolute Gasteiger partial charge is 0.382 e. The highest BCUT2D eigenvalue weighted by atomic mass is 16.5. The molecule has 1 saturated heterocycles. The lowest BCUT2D eigenvalue weighted by Gasteiger charge is -2.33. The number of carbonyl (C=O) groups is 1. The van der Waals surface area contributed by atoms with E-state index in [9.17, 15) is 4.79 Å². The van der Waals surface area contributed by atoms with Crippen LogP contribution in [0.5, 0.6) is 0 Å². The molecule has 7 heteroatoms. The molecule has 1 aromatic heterocycles. The first kappa shape index (κ1) is 16.4. The van der Waals surface area contributed by atoms with Gasteiger partial charge >= 0.3 is 0 Å². The summed E-state index contributed by atoms with van der Waals surface area (Å²) in [6, 6.07) is 7.46. The molecule has 0 radical (unpaired) electrons. The summed E-state index contributed by atoms with van der Waals surface area (Å²) in [5.41, 5.74) is 8.04. The van der Waals surface area contributed by atoms with Crippen LogP contribution in [0.3, 0.4) is 0 Å². The molecule has 0 unspecified atom stereocenters. The van der Waals surface area contributed by atoms with Crippen LogP contribution in [0.1, 0.15) is 27.7 Å². The van der Waals surface area contributed by atoms with E-state index in [2.05, 4.69) is 9.97 Å². The lowest BCUT2D eigenvalue weighted by molar-refractivity contribution is -0.0245. The summed E-state index contributed by atoms with van der Waals surface area (Å²) >= 11 is 0. The second kappa shape index (κ2) is 7.37. The maximum absolute atomic E-state index is 12.8. The van der Waals surface area contributed by atoms with Crippen LogP contribution in [0.2, 0.25) is 0 Å². The number of nitrogens with two attached hydrogens (primary N) is 1. The Morgan fingerprint density at radius 2 is 2.25 bits per heavy atom. The molecule has 2 N–H and O–H groups in total. The second-order valence-electron chi connectivity index (χ2n) is 5.57. The molecule has 1 amide bonds. The van der Waals surface area contributed by atoms with Crippen LogP contribution in [0, 0.1) is 0 Å². The number of rotatable bonds is 4. The number of methoxy groups -OCH3 is 1. The molecule has 1 fully saturated rings. The molecular formula is C17H20N4O3. The number of carbonyl (C=O) groups excluding carboxylic acids is 1. The monoisotopic (exact) mass is 328 g/mol. The standard InChI is InChI=1S/C17H20N4O3/c1-23-11-12-3-2-4-13(9-12)17(22)21-7-8-24-14(10-21)15-16(18)20-6-5-19-15/h2-6,9,14H,7-8,10-11H2,1H3,(H2,18,20)/t14-/m0/s1. The lowest BCUT2D eigenvalue weighted by atomic mass is 10.1. The number of morpholine rings is 1. The van der Waals surface area contributed by atoms with E-state index >= 15 is 0 Å². The number of hydrogen-bond donors (Lipinski definition) is 1. The topological polar surface area (TPSA) is 90.6 Å². The third-order valence-electron chi connectivity index (χ3n) is 3.90. The summed E-state index contributed by atoms with van der Waals surface area (Å²) in [5.74, 6) is 0.294. The van der Waals surface area contributed by atoms with E-state index in [1.165, 1.54) is 6.20 Å². The van der Waals surface area contributed by atoms with Crippen molar-refractivity contribution in [2.75, 3.05) is 32.5 Å².